The molecule has 3 heteroatoms. The van der Waals surface area contributed by atoms with Gasteiger partial charge >= 0.3 is 6.03 Å². The van der Waals surface area contributed by atoms with E-state index in [1.54, 1.807) is 0 Å². The number of nitrogens with zero attached hydrogens (tertiary/aromatic N) is 1. The number of carbonyl (C=O) groups excluding carboxylic acids is 1. The van der Waals surface area contributed by atoms with Crippen molar-refractivity contribution in [3.63, 3.8) is 0 Å². The van der Waals surface area contributed by atoms with Crippen molar-refractivity contribution in [1.29, 1.82) is 0 Å². The Hall–Kier alpha value is -0.730. The topological polar surface area (TPSA) is 32.3 Å². The van der Waals surface area contributed by atoms with Crippen molar-refractivity contribution in [1.82, 2.24) is 10.2 Å². The van der Waals surface area contributed by atoms with Crippen LogP contribution in [-0.4, -0.2) is 30.6 Å². The van der Waals surface area contributed by atoms with Crippen LogP contribution in [0.3, 0.4) is 0 Å². The molecule has 1 fully saturated rings. The zero-order chi connectivity index (χ0) is 10.8. The van der Waals surface area contributed by atoms with Crippen molar-refractivity contribution in [2.24, 2.45) is 11.3 Å². The second kappa shape index (κ2) is 4.20. The third-order valence-electron chi connectivity index (χ3n) is 3.51. The van der Waals surface area contributed by atoms with Gasteiger partial charge in [0.15, 0.2) is 0 Å². The minimum absolute atomic E-state index is 0.0943. The average molecular weight is 198 g/mol. The van der Waals surface area contributed by atoms with Gasteiger partial charge in [0, 0.05) is 19.6 Å². The first-order valence-corrected chi connectivity index (χ1v) is 5.52. The second-order valence-electron chi connectivity index (χ2n) is 4.82. The number of carbonyl (C=O) groups is 1. The van der Waals surface area contributed by atoms with E-state index in [1.807, 2.05) is 11.8 Å². The predicted octanol–water partition coefficient (Wildman–Crippen LogP) is 2.08. The predicted molar refractivity (Wildman–Crippen MR) is 58.2 cm³/mol. The molecular weight excluding hydrogens is 176 g/mol. The summed E-state index contributed by atoms with van der Waals surface area (Å²) in [5.41, 5.74) is 0.311. The summed E-state index contributed by atoms with van der Waals surface area (Å²) >= 11 is 0. The summed E-state index contributed by atoms with van der Waals surface area (Å²) in [4.78, 5) is 13.5. The third kappa shape index (κ3) is 2.20. The smallest absolute Gasteiger partial charge is 0.317 e. The van der Waals surface area contributed by atoms with E-state index < -0.39 is 0 Å². The molecule has 0 saturated carbocycles. The summed E-state index contributed by atoms with van der Waals surface area (Å²) in [6.45, 7) is 11.2. The molecule has 1 N–H and O–H groups in total. The molecule has 1 heterocycles. The second-order valence-corrected chi connectivity index (χ2v) is 4.82. The van der Waals surface area contributed by atoms with E-state index in [0.29, 0.717) is 17.9 Å². The van der Waals surface area contributed by atoms with Crippen LogP contribution in [0.25, 0.3) is 0 Å². The first-order valence-electron chi connectivity index (χ1n) is 5.52. The van der Waals surface area contributed by atoms with Gasteiger partial charge in [-0.2, -0.15) is 0 Å². The number of hydrogen-bond acceptors (Lipinski definition) is 1. The highest BCUT2D eigenvalue weighted by molar-refractivity contribution is 5.74. The van der Waals surface area contributed by atoms with Crippen LogP contribution in [0, 0.1) is 11.3 Å². The van der Waals surface area contributed by atoms with Crippen molar-refractivity contribution >= 4 is 6.03 Å². The van der Waals surface area contributed by atoms with Gasteiger partial charge in [-0.05, 0) is 24.7 Å². The van der Waals surface area contributed by atoms with Gasteiger partial charge in [-0.25, -0.2) is 4.79 Å². The van der Waals surface area contributed by atoms with Gasteiger partial charge in [0.25, 0.3) is 0 Å². The van der Waals surface area contributed by atoms with Crippen LogP contribution in [0.2, 0.25) is 0 Å². The quantitative estimate of drug-likeness (QED) is 0.724. The van der Waals surface area contributed by atoms with E-state index >= 15 is 0 Å². The van der Waals surface area contributed by atoms with E-state index in [2.05, 4.69) is 26.1 Å². The van der Waals surface area contributed by atoms with Crippen molar-refractivity contribution in [3.8, 4) is 0 Å². The molecule has 0 aromatic rings. The molecule has 0 aromatic carbocycles. The lowest BCUT2D eigenvalue weighted by Gasteiger charge is -2.28. The minimum atomic E-state index is 0.0943. The highest BCUT2D eigenvalue weighted by atomic mass is 16.2. The van der Waals surface area contributed by atoms with Crippen LogP contribution in [0.5, 0.6) is 0 Å². The van der Waals surface area contributed by atoms with Crippen LogP contribution in [0.4, 0.5) is 4.79 Å². The molecule has 1 aliphatic rings. The molecular formula is C11H22N2O. The Labute approximate surface area is 86.9 Å². The lowest BCUT2D eigenvalue weighted by atomic mass is 9.79. The average Bonchev–Trinajstić information content (AvgIpc) is 2.50. The Morgan fingerprint density at radius 2 is 2.21 bits per heavy atom. The van der Waals surface area contributed by atoms with Gasteiger partial charge in [-0.15, -0.1) is 0 Å². The van der Waals surface area contributed by atoms with E-state index in [4.69, 9.17) is 0 Å². The molecule has 1 atom stereocenters. The van der Waals surface area contributed by atoms with Crippen LogP contribution >= 0.6 is 0 Å². The van der Waals surface area contributed by atoms with Gasteiger partial charge in [0.2, 0.25) is 0 Å². The van der Waals surface area contributed by atoms with Gasteiger partial charge in [-0.1, -0.05) is 20.8 Å². The molecule has 3 nitrogen and oxygen atoms in total. The lowest BCUT2D eigenvalue weighted by Crippen LogP contribution is -2.40. The van der Waals surface area contributed by atoms with Crippen LogP contribution in [0.1, 0.15) is 34.1 Å². The standard InChI is InChI=1S/C11H22N2O/c1-5-12-10(14)13-7-6-11(4,8-13)9(2)3/h9H,5-8H2,1-4H3,(H,12,14)/t11-/m1/s1. The number of likely N-dealkylation sites (tertiary alicyclic amines) is 1. The summed E-state index contributed by atoms with van der Waals surface area (Å²) in [5.74, 6) is 0.641. The van der Waals surface area contributed by atoms with E-state index in [1.165, 1.54) is 0 Å². The van der Waals surface area contributed by atoms with Gasteiger partial charge in [0.1, 0.15) is 0 Å². The maximum atomic E-state index is 11.6. The molecule has 0 bridgehead atoms. The Morgan fingerprint density at radius 3 is 2.64 bits per heavy atom. The maximum absolute atomic E-state index is 11.6. The van der Waals surface area contributed by atoms with Crippen LogP contribution < -0.4 is 5.32 Å². The van der Waals surface area contributed by atoms with Crippen molar-refractivity contribution in [2.45, 2.75) is 34.1 Å². The molecule has 0 aromatic heterocycles. The third-order valence-corrected chi connectivity index (χ3v) is 3.51. The number of nitrogens with one attached hydrogen (secondary N) is 1. The molecule has 1 aliphatic heterocycles. The first kappa shape index (κ1) is 11.3. The SMILES string of the molecule is CCNC(=O)N1CC[C@@](C)(C(C)C)C1. The molecule has 2 amide bonds. The molecule has 0 unspecified atom stereocenters. The zero-order valence-corrected chi connectivity index (χ0v) is 9.76. The molecule has 0 spiro atoms. The Kier molecular flexibility index (Phi) is 3.40. The van der Waals surface area contributed by atoms with Crippen molar-refractivity contribution < 1.29 is 4.79 Å². The summed E-state index contributed by atoms with van der Waals surface area (Å²) in [7, 11) is 0. The number of urea groups is 1. The largest absolute Gasteiger partial charge is 0.338 e. The minimum Gasteiger partial charge on any atom is -0.338 e. The lowest BCUT2D eigenvalue weighted by molar-refractivity contribution is 0.189. The molecule has 14 heavy (non-hydrogen) atoms. The summed E-state index contributed by atoms with van der Waals surface area (Å²) < 4.78 is 0. The molecule has 0 aliphatic carbocycles. The Balaban J connectivity index is 2.52. The van der Waals surface area contributed by atoms with Gasteiger partial charge in [0.05, 0.1) is 0 Å². The first-order chi connectivity index (χ1) is 6.49. The summed E-state index contributed by atoms with van der Waals surface area (Å²) in [6.07, 6.45) is 1.13. The highest BCUT2D eigenvalue weighted by Crippen LogP contribution is 2.36. The van der Waals surface area contributed by atoms with E-state index in [-0.39, 0.29) is 6.03 Å². The fourth-order valence-electron chi connectivity index (χ4n) is 1.89. The monoisotopic (exact) mass is 198 g/mol. The number of rotatable bonds is 2. The van der Waals surface area contributed by atoms with Crippen molar-refractivity contribution in [2.75, 3.05) is 19.6 Å². The highest BCUT2D eigenvalue weighted by Gasteiger charge is 2.37. The van der Waals surface area contributed by atoms with Crippen LogP contribution in [0.15, 0.2) is 0 Å². The molecule has 1 saturated heterocycles. The molecule has 1 rings (SSSR count). The van der Waals surface area contributed by atoms with E-state index in [0.717, 1.165) is 19.5 Å². The number of amides is 2. The van der Waals surface area contributed by atoms with Gasteiger partial charge in [-0.3, -0.25) is 0 Å². The van der Waals surface area contributed by atoms with Crippen LogP contribution in [-0.2, 0) is 0 Å². The Bertz CT molecular complexity index is 215. The fourth-order valence-corrected chi connectivity index (χ4v) is 1.89. The normalized spacial score (nSPS) is 27.1. The summed E-state index contributed by atoms with van der Waals surface area (Å²) in [6, 6.07) is 0.0943. The number of hydrogen-bond donors (Lipinski definition) is 1. The summed E-state index contributed by atoms with van der Waals surface area (Å²) in [5, 5.41) is 2.85. The maximum Gasteiger partial charge on any atom is 0.317 e. The Morgan fingerprint density at radius 1 is 1.57 bits per heavy atom. The van der Waals surface area contributed by atoms with E-state index in [9.17, 15) is 4.79 Å². The fraction of sp³-hybridized carbons (Fsp3) is 0.909. The van der Waals surface area contributed by atoms with Crippen molar-refractivity contribution in [3.05, 3.63) is 0 Å². The zero-order valence-electron chi connectivity index (χ0n) is 9.76. The molecule has 0 radical (unpaired) electrons. The molecule has 82 valence electrons. The van der Waals surface area contributed by atoms with Gasteiger partial charge < -0.3 is 10.2 Å².